The molecule has 8 heteroatoms. The Hall–Kier alpha value is -1.41. The van der Waals surface area contributed by atoms with Crippen LogP contribution in [0.4, 0.5) is 11.5 Å². The maximum atomic E-state index is 10.6. The zero-order valence-electron chi connectivity index (χ0n) is 9.60. The quantitative estimate of drug-likeness (QED) is 0.620. The van der Waals surface area contributed by atoms with Crippen LogP contribution >= 0.6 is 31.9 Å². The van der Waals surface area contributed by atoms with Crippen LogP contribution in [0.3, 0.4) is 0 Å². The summed E-state index contributed by atoms with van der Waals surface area (Å²) >= 11 is 6.48. The van der Waals surface area contributed by atoms with Gasteiger partial charge in [-0.3, -0.25) is 10.1 Å². The Kier molecular flexibility index (Phi) is 4.54. The first-order valence-electron chi connectivity index (χ1n) is 5.34. The van der Waals surface area contributed by atoms with Crippen LogP contribution < -0.4 is 5.32 Å². The van der Waals surface area contributed by atoms with E-state index in [1.807, 2.05) is 12.1 Å². The van der Waals surface area contributed by atoms with Gasteiger partial charge in [0.2, 0.25) is 0 Å². The standard InChI is InChI=1S/C11H9Br2N3O3/c12-9-5-7(16(17)18)6-15-11(9)14-4-3-8-1-2-10(13)19-8/h1-2,5-6H,3-4H2,(H,14,15). The molecule has 6 nitrogen and oxygen atoms in total. The first-order chi connectivity index (χ1) is 9.06. The maximum absolute atomic E-state index is 10.6. The largest absolute Gasteiger partial charge is 0.454 e. The van der Waals surface area contributed by atoms with E-state index < -0.39 is 4.92 Å². The van der Waals surface area contributed by atoms with E-state index in [9.17, 15) is 10.1 Å². The molecular formula is C11H9Br2N3O3. The molecule has 0 aromatic carbocycles. The Labute approximate surface area is 125 Å². The van der Waals surface area contributed by atoms with Crippen molar-refractivity contribution in [3.05, 3.63) is 49.4 Å². The topological polar surface area (TPSA) is 81.2 Å². The normalized spacial score (nSPS) is 10.4. The first kappa shape index (κ1) is 14.0. The molecule has 19 heavy (non-hydrogen) atoms. The van der Waals surface area contributed by atoms with Gasteiger partial charge in [-0.2, -0.15) is 0 Å². The van der Waals surface area contributed by atoms with Gasteiger partial charge >= 0.3 is 0 Å². The van der Waals surface area contributed by atoms with Crippen LogP contribution in [0.25, 0.3) is 0 Å². The van der Waals surface area contributed by atoms with E-state index in [1.54, 1.807) is 0 Å². The highest BCUT2D eigenvalue weighted by Gasteiger charge is 2.10. The lowest BCUT2D eigenvalue weighted by Crippen LogP contribution is -2.06. The number of aromatic nitrogens is 1. The predicted octanol–water partition coefficient (Wildman–Crippen LogP) is 3.76. The summed E-state index contributed by atoms with van der Waals surface area (Å²) in [6, 6.07) is 5.12. The van der Waals surface area contributed by atoms with Gasteiger partial charge in [-0.1, -0.05) is 0 Å². The average Bonchev–Trinajstić information content (AvgIpc) is 2.77. The Morgan fingerprint density at radius 1 is 1.42 bits per heavy atom. The van der Waals surface area contributed by atoms with Gasteiger partial charge in [0.1, 0.15) is 17.8 Å². The fourth-order valence-electron chi connectivity index (χ4n) is 1.45. The van der Waals surface area contributed by atoms with E-state index in [2.05, 4.69) is 42.2 Å². The van der Waals surface area contributed by atoms with E-state index in [1.165, 1.54) is 12.3 Å². The highest BCUT2D eigenvalue weighted by atomic mass is 79.9. The highest BCUT2D eigenvalue weighted by Crippen LogP contribution is 2.24. The summed E-state index contributed by atoms with van der Waals surface area (Å²) < 4.78 is 6.61. The number of furan rings is 1. The summed E-state index contributed by atoms with van der Waals surface area (Å²) in [6.07, 6.45) is 1.91. The molecule has 0 atom stereocenters. The second kappa shape index (κ2) is 6.16. The van der Waals surface area contributed by atoms with Crippen molar-refractivity contribution in [1.29, 1.82) is 0 Å². The lowest BCUT2D eigenvalue weighted by molar-refractivity contribution is -0.385. The number of nitro groups is 1. The van der Waals surface area contributed by atoms with E-state index in [0.717, 1.165) is 5.76 Å². The molecule has 0 fully saturated rings. The second-order valence-electron chi connectivity index (χ2n) is 3.66. The van der Waals surface area contributed by atoms with Crippen molar-refractivity contribution in [2.24, 2.45) is 0 Å². The number of anilines is 1. The zero-order chi connectivity index (χ0) is 13.8. The zero-order valence-corrected chi connectivity index (χ0v) is 12.8. The van der Waals surface area contributed by atoms with Gasteiger partial charge in [0.25, 0.3) is 5.69 Å². The summed E-state index contributed by atoms with van der Waals surface area (Å²) in [6.45, 7) is 0.614. The summed E-state index contributed by atoms with van der Waals surface area (Å²) in [5.41, 5.74) is -0.0487. The molecule has 0 aliphatic carbocycles. The van der Waals surface area contributed by atoms with Crippen molar-refractivity contribution < 1.29 is 9.34 Å². The SMILES string of the molecule is O=[N+]([O-])c1cnc(NCCc2ccc(Br)o2)c(Br)c1. The summed E-state index contributed by atoms with van der Waals surface area (Å²) in [5, 5.41) is 13.7. The van der Waals surface area contributed by atoms with Crippen molar-refractivity contribution in [3.63, 3.8) is 0 Å². The van der Waals surface area contributed by atoms with Gasteiger partial charge in [0.05, 0.1) is 9.40 Å². The molecule has 1 N–H and O–H groups in total. The molecule has 0 saturated heterocycles. The third-order valence-electron chi connectivity index (χ3n) is 2.33. The molecule has 0 aliphatic heterocycles. The lowest BCUT2D eigenvalue weighted by Gasteiger charge is -2.06. The molecule has 0 bridgehead atoms. The molecule has 0 saturated carbocycles. The van der Waals surface area contributed by atoms with Crippen molar-refractivity contribution >= 4 is 43.4 Å². The van der Waals surface area contributed by atoms with Crippen molar-refractivity contribution in [3.8, 4) is 0 Å². The van der Waals surface area contributed by atoms with Crippen LogP contribution in [0.2, 0.25) is 0 Å². The molecule has 2 heterocycles. The smallest absolute Gasteiger partial charge is 0.288 e. The third-order valence-corrected chi connectivity index (χ3v) is 3.36. The van der Waals surface area contributed by atoms with Crippen LogP contribution in [-0.2, 0) is 6.42 Å². The Morgan fingerprint density at radius 3 is 2.79 bits per heavy atom. The van der Waals surface area contributed by atoms with Gasteiger partial charge < -0.3 is 9.73 Å². The molecule has 0 unspecified atom stereocenters. The second-order valence-corrected chi connectivity index (χ2v) is 5.30. The fraction of sp³-hybridized carbons (Fsp3) is 0.182. The minimum atomic E-state index is -0.484. The Balaban J connectivity index is 1.94. The van der Waals surface area contributed by atoms with E-state index in [4.69, 9.17) is 4.42 Å². The van der Waals surface area contributed by atoms with E-state index in [-0.39, 0.29) is 5.69 Å². The Morgan fingerprint density at radius 2 is 2.21 bits per heavy atom. The minimum Gasteiger partial charge on any atom is -0.454 e. The monoisotopic (exact) mass is 389 g/mol. The number of hydrogen-bond acceptors (Lipinski definition) is 5. The molecule has 0 spiro atoms. The maximum Gasteiger partial charge on any atom is 0.288 e. The molecule has 0 amide bonds. The number of nitrogens with one attached hydrogen (secondary N) is 1. The fourth-order valence-corrected chi connectivity index (χ4v) is 2.27. The summed E-state index contributed by atoms with van der Waals surface area (Å²) in [7, 11) is 0. The molecule has 100 valence electrons. The summed E-state index contributed by atoms with van der Waals surface area (Å²) in [5.74, 6) is 1.41. The number of nitrogens with zero attached hydrogens (tertiary/aromatic N) is 2. The molecule has 0 radical (unpaired) electrons. The van der Waals surface area contributed by atoms with Crippen LogP contribution in [0.15, 0.2) is 38.0 Å². The van der Waals surface area contributed by atoms with Crippen LogP contribution in [-0.4, -0.2) is 16.5 Å². The van der Waals surface area contributed by atoms with Crippen molar-refractivity contribution in [2.75, 3.05) is 11.9 Å². The minimum absolute atomic E-state index is 0.0487. The van der Waals surface area contributed by atoms with Gasteiger partial charge in [-0.25, -0.2) is 4.98 Å². The number of hydrogen-bond donors (Lipinski definition) is 1. The average molecular weight is 391 g/mol. The molecule has 2 rings (SSSR count). The summed E-state index contributed by atoms with van der Waals surface area (Å²) in [4.78, 5) is 14.1. The number of halogens is 2. The lowest BCUT2D eigenvalue weighted by atomic mass is 10.3. The van der Waals surface area contributed by atoms with Gasteiger partial charge in [-0.05, 0) is 44.0 Å². The predicted molar refractivity (Wildman–Crippen MR) is 77.2 cm³/mol. The van der Waals surface area contributed by atoms with E-state index in [0.29, 0.717) is 27.9 Å². The molecule has 0 aliphatic rings. The van der Waals surface area contributed by atoms with Gasteiger partial charge in [0.15, 0.2) is 4.67 Å². The van der Waals surface area contributed by atoms with Gasteiger partial charge in [-0.15, -0.1) is 0 Å². The Bertz CT molecular complexity index is 601. The van der Waals surface area contributed by atoms with Crippen molar-refractivity contribution in [1.82, 2.24) is 4.98 Å². The molecular weight excluding hydrogens is 382 g/mol. The van der Waals surface area contributed by atoms with Crippen LogP contribution in [0, 0.1) is 10.1 Å². The molecule has 2 aromatic heterocycles. The highest BCUT2D eigenvalue weighted by molar-refractivity contribution is 9.10. The van der Waals surface area contributed by atoms with Crippen LogP contribution in [0.5, 0.6) is 0 Å². The first-order valence-corrected chi connectivity index (χ1v) is 6.93. The van der Waals surface area contributed by atoms with Crippen molar-refractivity contribution in [2.45, 2.75) is 6.42 Å². The number of rotatable bonds is 5. The van der Waals surface area contributed by atoms with Crippen LogP contribution in [0.1, 0.15) is 5.76 Å². The van der Waals surface area contributed by atoms with Gasteiger partial charge in [0, 0.05) is 19.0 Å². The third kappa shape index (κ3) is 3.77. The number of pyridine rings is 1. The molecule has 2 aromatic rings. The van der Waals surface area contributed by atoms with E-state index >= 15 is 0 Å².